The van der Waals surface area contributed by atoms with E-state index in [-0.39, 0.29) is 0 Å². The Morgan fingerprint density at radius 1 is 0.968 bits per heavy atom. The molecule has 1 N–H and O–H groups in total. The van der Waals surface area contributed by atoms with Crippen LogP contribution in [0.1, 0.15) is 36.9 Å². The Kier molecular flexibility index (Phi) is 4.90. The smallest absolute Gasteiger partial charge is 0.187 e. The topological polar surface area (TPSA) is 60.9 Å². The van der Waals surface area contributed by atoms with Gasteiger partial charge in [0.1, 0.15) is 5.60 Å². The van der Waals surface area contributed by atoms with Gasteiger partial charge >= 0.3 is 0 Å². The standard InChI is InChI=1S/C25H25N3O3/c1-18-3-5-19(6-4-18)22-17-23(27-28(22)21-9-7-20(26-2)8-10-21)24(29)11-13-25(14-12-24)30-15-16-31-25/h3-10,17,29H,11-16H2,1H3. The number of hydrogen-bond acceptors (Lipinski definition) is 4. The van der Waals surface area contributed by atoms with Gasteiger partial charge in [0.05, 0.1) is 36.9 Å². The molecule has 3 aromatic rings. The van der Waals surface area contributed by atoms with E-state index in [4.69, 9.17) is 21.1 Å². The average Bonchev–Trinajstić information content (AvgIpc) is 3.45. The number of hydrogen-bond donors (Lipinski definition) is 1. The van der Waals surface area contributed by atoms with E-state index in [1.807, 2.05) is 22.9 Å². The third-order valence-electron chi connectivity index (χ3n) is 6.41. The second kappa shape index (κ2) is 7.61. The predicted octanol–water partition coefficient (Wildman–Crippen LogP) is 4.90. The first-order valence-corrected chi connectivity index (χ1v) is 10.7. The molecule has 6 nitrogen and oxygen atoms in total. The Morgan fingerprint density at radius 2 is 1.61 bits per heavy atom. The Bertz CT molecular complexity index is 1110. The van der Waals surface area contributed by atoms with Gasteiger partial charge in [0.25, 0.3) is 0 Å². The average molecular weight is 415 g/mol. The maximum absolute atomic E-state index is 11.5. The second-order valence-electron chi connectivity index (χ2n) is 8.46. The minimum absolute atomic E-state index is 0.536. The van der Waals surface area contributed by atoms with Crippen molar-refractivity contribution in [3.63, 3.8) is 0 Å². The van der Waals surface area contributed by atoms with Crippen LogP contribution in [0.3, 0.4) is 0 Å². The quantitative estimate of drug-likeness (QED) is 0.618. The summed E-state index contributed by atoms with van der Waals surface area (Å²) in [4.78, 5) is 3.48. The zero-order valence-corrected chi connectivity index (χ0v) is 17.5. The number of aromatic nitrogens is 2. The summed E-state index contributed by atoms with van der Waals surface area (Å²) in [6, 6.07) is 17.6. The van der Waals surface area contributed by atoms with Crippen LogP contribution in [0.15, 0.2) is 54.6 Å². The summed E-state index contributed by atoms with van der Waals surface area (Å²) in [6.07, 6.45) is 2.37. The summed E-state index contributed by atoms with van der Waals surface area (Å²) in [5.74, 6) is -0.538. The molecule has 1 aliphatic heterocycles. The third kappa shape index (κ3) is 3.66. The monoisotopic (exact) mass is 415 g/mol. The molecule has 1 aromatic heterocycles. The predicted molar refractivity (Wildman–Crippen MR) is 117 cm³/mol. The van der Waals surface area contributed by atoms with E-state index in [2.05, 4.69) is 36.0 Å². The zero-order valence-electron chi connectivity index (χ0n) is 17.5. The lowest BCUT2D eigenvalue weighted by molar-refractivity contribution is -0.204. The van der Waals surface area contributed by atoms with Crippen molar-refractivity contribution in [1.82, 2.24) is 9.78 Å². The van der Waals surface area contributed by atoms with Crippen molar-refractivity contribution < 1.29 is 14.6 Å². The van der Waals surface area contributed by atoms with E-state index in [9.17, 15) is 5.11 Å². The van der Waals surface area contributed by atoms with Gasteiger partial charge in [-0.05, 0) is 38.0 Å². The van der Waals surface area contributed by atoms with E-state index in [1.165, 1.54) is 5.56 Å². The number of aliphatic hydroxyl groups is 1. The van der Waals surface area contributed by atoms with Crippen LogP contribution >= 0.6 is 0 Å². The molecule has 6 heteroatoms. The van der Waals surface area contributed by atoms with Crippen LogP contribution in [-0.4, -0.2) is 33.9 Å². The molecule has 5 rings (SSSR count). The highest BCUT2D eigenvalue weighted by Crippen LogP contribution is 2.45. The number of benzene rings is 2. The van der Waals surface area contributed by atoms with Crippen LogP contribution < -0.4 is 0 Å². The minimum Gasteiger partial charge on any atom is -0.383 e. The van der Waals surface area contributed by atoms with Crippen molar-refractivity contribution in [2.24, 2.45) is 0 Å². The molecule has 2 aromatic carbocycles. The number of ether oxygens (including phenoxy) is 2. The van der Waals surface area contributed by atoms with Gasteiger partial charge in [0.2, 0.25) is 0 Å². The summed E-state index contributed by atoms with van der Waals surface area (Å²) in [6.45, 7) is 10.5. The molecule has 0 radical (unpaired) electrons. The van der Waals surface area contributed by atoms with E-state index in [0.717, 1.165) is 16.9 Å². The van der Waals surface area contributed by atoms with Gasteiger partial charge < -0.3 is 14.6 Å². The maximum atomic E-state index is 11.5. The van der Waals surface area contributed by atoms with E-state index in [1.54, 1.807) is 12.1 Å². The molecule has 31 heavy (non-hydrogen) atoms. The highest BCUT2D eigenvalue weighted by molar-refractivity contribution is 5.64. The second-order valence-corrected chi connectivity index (χ2v) is 8.46. The van der Waals surface area contributed by atoms with E-state index in [0.29, 0.717) is 50.3 Å². The molecule has 0 bridgehead atoms. The van der Waals surface area contributed by atoms with Gasteiger partial charge in [-0.25, -0.2) is 9.53 Å². The Morgan fingerprint density at radius 3 is 2.23 bits per heavy atom. The summed E-state index contributed by atoms with van der Waals surface area (Å²) in [5.41, 5.74) is 4.19. The first-order valence-electron chi connectivity index (χ1n) is 10.7. The van der Waals surface area contributed by atoms with Crippen molar-refractivity contribution in [2.45, 2.75) is 44.0 Å². The molecule has 1 saturated carbocycles. The molecule has 0 atom stereocenters. The summed E-state index contributed by atoms with van der Waals surface area (Å²) in [7, 11) is 0. The fourth-order valence-corrected chi connectivity index (χ4v) is 4.49. The Hall–Kier alpha value is -2.98. The van der Waals surface area contributed by atoms with Gasteiger partial charge in [0, 0.05) is 18.4 Å². The lowest BCUT2D eigenvalue weighted by Crippen LogP contribution is -2.42. The lowest BCUT2D eigenvalue weighted by Gasteiger charge is -2.39. The maximum Gasteiger partial charge on any atom is 0.187 e. The van der Waals surface area contributed by atoms with Crippen LogP contribution in [0, 0.1) is 13.5 Å². The third-order valence-corrected chi connectivity index (χ3v) is 6.41. The number of rotatable bonds is 3. The van der Waals surface area contributed by atoms with Gasteiger partial charge in [-0.15, -0.1) is 0 Å². The molecule has 1 saturated heterocycles. The molecule has 2 fully saturated rings. The van der Waals surface area contributed by atoms with Gasteiger partial charge in [-0.1, -0.05) is 42.0 Å². The number of aryl methyl sites for hydroxylation is 1. The molecule has 1 spiro atoms. The van der Waals surface area contributed by atoms with E-state index >= 15 is 0 Å². The van der Waals surface area contributed by atoms with Crippen LogP contribution in [0.25, 0.3) is 21.8 Å². The van der Waals surface area contributed by atoms with Crippen molar-refractivity contribution in [3.05, 3.63) is 77.3 Å². The minimum atomic E-state index is -1.03. The van der Waals surface area contributed by atoms with Gasteiger partial charge in [-0.3, -0.25) is 0 Å². The molecule has 1 aliphatic carbocycles. The molecule has 2 heterocycles. The number of nitrogens with zero attached hydrogens (tertiary/aromatic N) is 3. The van der Waals surface area contributed by atoms with Crippen LogP contribution in [0.4, 0.5) is 5.69 Å². The lowest BCUT2D eigenvalue weighted by atomic mass is 9.79. The summed E-state index contributed by atoms with van der Waals surface area (Å²) >= 11 is 0. The van der Waals surface area contributed by atoms with Crippen molar-refractivity contribution >= 4 is 5.69 Å². The normalized spacial score (nSPS) is 19.4. The first-order chi connectivity index (χ1) is 15.0. The highest BCUT2D eigenvalue weighted by Gasteiger charge is 2.47. The largest absolute Gasteiger partial charge is 0.383 e. The molecule has 0 unspecified atom stereocenters. The van der Waals surface area contributed by atoms with Gasteiger partial charge in [-0.2, -0.15) is 5.10 Å². The SMILES string of the molecule is [C-]#[N+]c1ccc(-n2nc(C3(O)CCC4(CC3)OCCO4)cc2-c2ccc(C)cc2)cc1. The molecular formula is C25H25N3O3. The fourth-order valence-electron chi connectivity index (χ4n) is 4.49. The molecule has 158 valence electrons. The zero-order chi connectivity index (χ0) is 21.5. The van der Waals surface area contributed by atoms with Crippen molar-refractivity contribution in [3.8, 4) is 16.9 Å². The Labute approximate surface area is 181 Å². The van der Waals surface area contributed by atoms with Crippen molar-refractivity contribution in [1.29, 1.82) is 0 Å². The van der Waals surface area contributed by atoms with Crippen molar-refractivity contribution in [2.75, 3.05) is 13.2 Å². The summed E-state index contributed by atoms with van der Waals surface area (Å²) in [5, 5.41) is 16.4. The Balaban J connectivity index is 1.54. The van der Waals surface area contributed by atoms with E-state index < -0.39 is 11.4 Å². The van der Waals surface area contributed by atoms with Crippen LogP contribution in [0.5, 0.6) is 0 Å². The van der Waals surface area contributed by atoms with Crippen LogP contribution in [0.2, 0.25) is 0 Å². The summed E-state index contributed by atoms with van der Waals surface area (Å²) < 4.78 is 13.5. The molecule has 0 amide bonds. The molecule has 2 aliphatic rings. The fraction of sp³-hybridized carbons (Fsp3) is 0.360. The van der Waals surface area contributed by atoms with Crippen LogP contribution in [-0.2, 0) is 15.1 Å². The first kappa shape index (κ1) is 20.0. The molecular weight excluding hydrogens is 390 g/mol. The highest BCUT2D eigenvalue weighted by atomic mass is 16.7. The van der Waals surface area contributed by atoms with Gasteiger partial charge in [0.15, 0.2) is 11.5 Å².